The van der Waals surface area contributed by atoms with Gasteiger partial charge in [0.2, 0.25) is 0 Å². The molecule has 3 rings (SSSR count). The van der Waals surface area contributed by atoms with Crippen LogP contribution in [0.5, 0.6) is 5.75 Å². The number of ether oxygens (including phenoxy) is 1. The Hall–Kier alpha value is -1.49. The van der Waals surface area contributed by atoms with Gasteiger partial charge in [-0.1, -0.05) is 0 Å². The predicted molar refractivity (Wildman–Crippen MR) is 78.9 cm³/mol. The first-order valence-electron chi connectivity index (χ1n) is 6.41. The molecule has 0 aliphatic heterocycles. The van der Waals surface area contributed by atoms with Crippen LogP contribution < -0.4 is 10.5 Å². The van der Waals surface area contributed by atoms with E-state index in [1.807, 2.05) is 22.9 Å². The Labute approximate surface area is 120 Å². The number of hydrogen-bond donors (Lipinski definition) is 1. The first-order valence-corrected chi connectivity index (χ1v) is 7.20. The molecule has 0 radical (unpaired) electrons. The number of fused-ring (bicyclic) bond motifs is 1. The fourth-order valence-corrected chi connectivity index (χ4v) is 3.03. The minimum Gasteiger partial charge on any atom is -0.495 e. The molecule has 0 spiro atoms. The number of nitrogens with zero attached hydrogens (tertiary/aromatic N) is 2. The number of methoxy groups -OCH3 is 1. The number of halogens is 1. The SMILES string of the molecule is COc1cc(-n2nc(N)c3c2CCCC3)ccc1Br. The van der Waals surface area contributed by atoms with Crippen molar-refractivity contribution in [2.45, 2.75) is 25.7 Å². The maximum Gasteiger partial charge on any atom is 0.149 e. The molecule has 19 heavy (non-hydrogen) atoms. The molecule has 0 saturated heterocycles. The number of nitrogens with two attached hydrogens (primary N) is 1. The molecule has 1 heterocycles. The van der Waals surface area contributed by atoms with E-state index >= 15 is 0 Å². The van der Waals surface area contributed by atoms with E-state index in [1.54, 1.807) is 7.11 Å². The Morgan fingerprint density at radius 1 is 1.32 bits per heavy atom. The van der Waals surface area contributed by atoms with Crippen LogP contribution in [-0.4, -0.2) is 16.9 Å². The average molecular weight is 322 g/mol. The number of hydrogen-bond acceptors (Lipinski definition) is 3. The van der Waals surface area contributed by atoms with Gasteiger partial charge in [0.05, 0.1) is 17.3 Å². The molecule has 0 bridgehead atoms. The van der Waals surface area contributed by atoms with Gasteiger partial charge >= 0.3 is 0 Å². The van der Waals surface area contributed by atoms with Gasteiger partial charge in [0.25, 0.3) is 0 Å². The summed E-state index contributed by atoms with van der Waals surface area (Å²) in [5.41, 5.74) is 9.48. The lowest BCUT2D eigenvalue weighted by Crippen LogP contribution is -2.08. The van der Waals surface area contributed by atoms with Crippen LogP contribution in [0.25, 0.3) is 5.69 Å². The third-order valence-corrected chi connectivity index (χ3v) is 4.25. The Morgan fingerprint density at radius 2 is 2.11 bits per heavy atom. The molecule has 0 unspecified atom stereocenters. The van der Waals surface area contributed by atoms with Crippen LogP contribution in [0.4, 0.5) is 5.82 Å². The summed E-state index contributed by atoms with van der Waals surface area (Å²) in [5.74, 6) is 1.47. The first-order chi connectivity index (χ1) is 9.20. The van der Waals surface area contributed by atoms with Crippen LogP contribution in [0, 0.1) is 0 Å². The number of benzene rings is 1. The van der Waals surface area contributed by atoms with E-state index in [4.69, 9.17) is 10.5 Å². The number of anilines is 1. The summed E-state index contributed by atoms with van der Waals surface area (Å²) < 4.78 is 8.23. The second kappa shape index (κ2) is 4.89. The molecule has 100 valence electrons. The predicted octanol–water partition coefficient (Wildman–Crippen LogP) is 3.10. The molecule has 1 aliphatic carbocycles. The zero-order chi connectivity index (χ0) is 13.4. The van der Waals surface area contributed by atoms with Crippen LogP contribution in [0.15, 0.2) is 22.7 Å². The molecule has 1 aromatic heterocycles. The van der Waals surface area contributed by atoms with Crippen molar-refractivity contribution in [2.24, 2.45) is 0 Å². The molecule has 2 aromatic rings. The molecule has 0 amide bonds. The zero-order valence-electron chi connectivity index (χ0n) is 10.8. The second-order valence-corrected chi connectivity index (χ2v) is 5.60. The third kappa shape index (κ3) is 2.12. The molecule has 1 aliphatic rings. The molecule has 1 aromatic carbocycles. The lowest BCUT2D eigenvalue weighted by atomic mass is 9.97. The van der Waals surface area contributed by atoms with Crippen molar-refractivity contribution in [3.8, 4) is 11.4 Å². The van der Waals surface area contributed by atoms with Gasteiger partial charge in [-0.05, 0) is 53.7 Å². The van der Waals surface area contributed by atoms with E-state index in [0.29, 0.717) is 5.82 Å². The van der Waals surface area contributed by atoms with Crippen LogP contribution in [0.2, 0.25) is 0 Å². The van der Waals surface area contributed by atoms with E-state index < -0.39 is 0 Å². The van der Waals surface area contributed by atoms with Crippen molar-refractivity contribution < 1.29 is 4.74 Å². The quantitative estimate of drug-likeness (QED) is 0.924. The highest BCUT2D eigenvalue weighted by molar-refractivity contribution is 9.10. The Balaban J connectivity index is 2.12. The largest absolute Gasteiger partial charge is 0.495 e. The lowest BCUT2D eigenvalue weighted by Gasteiger charge is -2.14. The van der Waals surface area contributed by atoms with Gasteiger partial charge in [-0.3, -0.25) is 0 Å². The van der Waals surface area contributed by atoms with Crippen LogP contribution >= 0.6 is 15.9 Å². The number of rotatable bonds is 2. The fraction of sp³-hybridized carbons (Fsp3) is 0.357. The highest BCUT2D eigenvalue weighted by Crippen LogP contribution is 2.31. The van der Waals surface area contributed by atoms with E-state index in [2.05, 4.69) is 21.0 Å². The Kier molecular flexibility index (Phi) is 3.22. The van der Waals surface area contributed by atoms with E-state index in [0.717, 1.165) is 28.8 Å². The highest BCUT2D eigenvalue weighted by atomic mass is 79.9. The highest BCUT2D eigenvalue weighted by Gasteiger charge is 2.20. The van der Waals surface area contributed by atoms with Gasteiger partial charge in [-0.25, -0.2) is 4.68 Å². The van der Waals surface area contributed by atoms with Crippen molar-refractivity contribution in [3.05, 3.63) is 33.9 Å². The number of aromatic nitrogens is 2. The van der Waals surface area contributed by atoms with Crippen molar-refractivity contribution in [2.75, 3.05) is 12.8 Å². The standard InChI is InChI=1S/C14H16BrN3O/c1-19-13-8-9(6-7-11(13)15)18-12-5-3-2-4-10(12)14(16)17-18/h6-8H,2-5H2,1H3,(H2,16,17). The monoisotopic (exact) mass is 321 g/mol. The van der Waals surface area contributed by atoms with Crippen molar-refractivity contribution in [3.63, 3.8) is 0 Å². The normalized spacial score (nSPS) is 14.2. The summed E-state index contributed by atoms with van der Waals surface area (Å²) >= 11 is 3.46. The van der Waals surface area contributed by atoms with Gasteiger partial charge < -0.3 is 10.5 Å². The summed E-state index contributed by atoms with van der Waals surface area (Å²) in [6, 6.07) is 5.97. The zero-order valence-corrected chi connectivity index (χ0v) is 12.4. The van der Waals surface area contributed by atoms with E-state index in [-0.39, 0.29) is 0 Å². The molecular formula is C14H16BrN3O. The summed E-state index contributed by atoms with van der Waals surface area (Å²) in [5, 5.41) is 4.49. The van der Waals surface area contributed by atoms with Crippen molar-refractivity contribution >= 4 is 21.7 Å². The average Bonchev–Trinajstić information content (AvgIpc) is 2.77. The first kappa shape index (κ1) is 12.5. The smallest absolute Gasteiger partial charge is 0.149 e. The molecule has 0 atom stereocenters. The summed E-state index contributed by atoms with van der Waals surface area (Å²) in [4.78, 5) is 0. The van der Waals surface area contributed by atoms with Gasteiger partial charge in [-0.15, -0.1) is 0 Å². The lowest BCUT2D eigenvalue weighted by molar-refractivity contribution is 0.412. The van der Waals surface area contributed by atoms with Crippen LogP contribution in [-0.2, 0) is 12.8 Å². The van der Waals surface area contributed by atoms with Gasteiger partial charge in [0.15, 0.2) is 0 Å². The molecule has 0 fully saturated rings. The third-order valence-electron chi connectivity index (χ3n) is 3.59. The van der Waals surface area contributed by atoms with E-state index in [9.17, 15) is 0 Å². The van der Waals surface area contributed by atoms with Crippen LogP contribution in [0.3, 0.4) is 0 Å². The minimum absolute atomic E-state index is 0.664. The van der Waals surface area contributed by atoms with Crippen molar-refractivity contribution in [1.29, 1.82) is 0 Å². The van der Waals surface area contributed by atoms with Gasteiger partial charge in [0.1, 0.15) is 11.6 Å². The molecular weight excluding hydrogens is 306 g/mol. The Morgan fingerprint density at radius 3 is 2.89 bits per heavy atom. The van der Waals surface area contributed by atoms with Crippen LogP contribution in [0.1, 0.15) is 24.1 Å². The molecule has 2 N–H and O–H groups in total. The molecule has 5 heteroatoms. The van der Waals surface area contributed by atoms with Gasteiger partial charge in [0, 0.05) is 17.3 Å². The second-order valence-electron chi connectivity index (χ2n) is 4.75. The fourth-order valence-electron chi connectivity index (χ4n) is 2.62. The minimum atomic E-state index is 0.664. The maximum atomic E-state index is 6.03. The van der Waals surface area contributed by atoms with E-state index in [1.165, 1.54) is 24.1 Å². The number of nitrogen functional groups attached to an aromatic ring is 1. The molecule has 0 saturated carbocycles. The summed E-state index contributed by atoms with van der Waals surface area (Å²) in [6.07, 6.45) is 4.48. The summed E-state index contributed by atoms with van der Waals surface area (Å²) in [7, 11) is 1.66. The Bertz CT molecular complexity index is 621. The van der Waals surface area contributed by atoms with Crippen molar-refractivity contribution in [1.82, 2.24) is 9.78 Å². The van der Waals surface area contributed by atoms with Gasteiger partial charge in [-0.2, -0.15) is 5.10 Å². The maximum absolute atomic E-state index is 6.03. The summed E-state index contributed by atoms with van der Waals surface area (Å²) in [6.45, 7) is 0. The molecule has 4 nitrogen and oxygen atoms in total. The topological polar surface area (TPSA) is 53.1 Å².